The highest BCUT2D eigenvalue weighted by atomic mass is 32.2. The van der Waals surface area contributed by atoms with Gasteiger partial charge in [0, 0.05) is 12.6 Å². The Hall–Kier alpha value is -1.33. The SMILES string of the molecule is CC1CCCCN1CCCNS(=O)(=O)c1cc(C(F)(F)F)cc(C(F)(F)F)c1. The molecule has 1 saturated heterocycles. The van der Waals surface area contributed by atoms with Crippen LogP contribution >= 0.6 is 0 Å². The van der Waals surface area contributed by atoms with Gasteiger partial charge >= 0.3 is 12.4 Å². The molecule has 1 aromatic rings. The molecule has 28 heavy (non-hydrogen) atoms. The second-order valence-corrected chi connectivity index (χ2v) is 8.64. The molecule has 0 spiro atoms. The number of nitrogens with one attached hydrogen (secondary N) is 1. The van der Waals surface area contributed by atoms with Gasteiger partial charge in [-0.05, 0) is 57.5 Å². The van der Waals surface area contributed by atoms with Gasteiger partial charge in [0.05, 0.1) is 16.0 Å². The van der Waals surface area contributed by atoms with Gasteiger partial charge in [-0.15, -0.1) is 0 Å². The van der Waals surface area contributed by atoms with Crippen LogP contribution in [0.1, 0.15) is 43.7 Å². The first-order chi connectivity index (χ1) is 12.8. The summed E-state index contributed by atoms with van der Waals surface area (Å²) in [6.45, 7) is 3.46. The zero-order valence-corrected chi connectivity index (χ0v) is 16.0. The zero-order chi connectivity index (χ0) is 21.2. The molecule has 160 valence electrons. The smallest absolute Gasteiger partial charge is 0.301 e. The lowest BCUT2D eigenvalue weighted by atomic mass is 10.0. The Bertz CT molecular complexity index is 745. The van der Waals surface area contributed by atoms with Gasteiger partial charge in [0.2, 0.25) is 10.0 Å². The van der Waals surface area contributed by atoms with Crippen LogP contribution in [0.3, 0.4) is 0 Å². The van der Waals surface area contributed by atoms with E-state index in [2.05, 4.69) is 16.5 Å². The molecule has 0 bridgehead atoms. The van der Waals surface area contributed by atoms with Gasteiger partial charge in [0.15, 0.2) is 0 Å². The Labute approximate surface area is 160 Å². The van der Waals surface area contributed by atoms with Crippen molar-refractivity contribution in [1.29, 1.82) is 0 Å². The molecule has 0 radical (unpaired) electrons. The van der Waals surface area contributed by atoms with Crippen molar-refractivity contribution in [1.82, 2.24) is 9.62 Å². The van der Waals surface area contributed by atoms with Crippen LogP contribution in [-0.2, 0) is 22.4 Å². The van der Waals surface area contributed by atoms with E-state index in [0.717, 1.165) is 25.8 Å². The van der Waals surface area contributed by atoms with E-state index in [1.165, 1.54) is 0 Å². The van der Waals surface area contributed by atoms with Crippen LogP contribution in [0.5, 0.6) is 0 Å². The summed E-state index contributed by atoms with van der Waals surface area (Å²) in [5.41, 5.74) is -3.32. The number of sulfonamides is 1. The van der Waals surface area contributed by atoms with Crippen LogP contribution in [0.15, 0.2) is 23.1 Å². The van der Waals surface area contributed by atoms with Crippen molar-refractivity contribution < 1.29 is 34.8 Å². The number of benzene rings is 1. The first kappa shape index (κ1) is 23.0. The van der Waals surface area contributed by atoms with Crippen molar-refractivity contribution in [2.45, 2.75) is 55.9 Å². The van der Waals surface area contributed by atoms with E-state index in [-0.39, 0.29) is 24.7 Å². The quantitative estimate of drug-likeness (QED) is 0.540. The van der Waals surface area contributed by atoms with Crippen LogP contribution in [0.2, 0.25) is 0 Å². The number of alkyl halides is 6. The summed E-state index contributed by atoms with van der Waals surface area (Å²) in [4.78, 5) is 1.13. The first-order valence-corrected chi connectivity index (χ1v) is 10.3. The van der Waals surface area contributed by atoms with E-state index >= 15 is 0 Å². The van der Waals surface area contributed by atoms with E-state index in [1.54, 1.807) is 0 Å². The lowest BCUT2D eigenvalue weighted by molar-refractivity contribution is -0.143. The second-order valence-electron chi connectivity index (χ2n) is 6.87. The summed E-state index contributed by atoms with van der Waals surface area (Å²) in [5, 5.41) is 0. The van der Waals surface area contributed by atoms with Crippen LogP contribution in [0.4, 0.5) is 26.3 Å². The van der Waals surface area contributed by atoms with Crippen molar-refractivity contribution in [2.24, 2.45) is 0 Å². The van der Waals surface area contributed by atoms with Gasteiger partial charge in [0.1, 0.15) is 0 Å². The first-order valence-electron chi connectivity index (χ1n) is 8.84. The normalized spacial score (nSPS) is 19.8. The maximum atomic E-state index is 12.9. The van der Waals surface area contributed by atoms with E-state index in [1.807, 2.05) is 0 Å². The van der Waals surface area contributed by atoms with Gasteiger partial charge in [-0.1, -0.05) is 6.42 Å². The number of halogens is 6. The van der Waals surface area contributed by atoms with Gasteiger partial charge in [-0.25, -0.2) is 13.1 Å². The minimum Gasteiger partial charge on any atom is -0.301 e. The molecule has 1 aromatic carbocycles. The van der Waals surface area contributed by atoms with Crippen molar-refractivity contribution in [3.05, 3.63) is 29.3 Å². The van der Waals surface area contributed by atoms with Gasteiger partial charge in [-0.3, -0.25) is 0 Å². The van der Waals surface area contributed by atoms with E-state index in [4.69, 9.17) is 0 Å². The molecule has 2 rings (SSSR count). The Morgan fingerprint density at radius 1 is 1.04 bits per heavy atom. The number of likely N-dealkylation sites (tertiary alicyclic amines) is 1. The Balaban J connectivity index is 2.11. The summed E-state index contributed by atoms with van der Waals surface area (Å²) in [6.07, 6.45) is -6.60. The number of piperidine rings is 1. The molecular weight excluding hydrogens is 410 g/mol. The molecule has 0 saturated carbocycles. The fraction of sp³-hybridized carbons (Fsp3) is 0.647. The minimum absolute atomic E-state index is 0.0802. The maximum Gasteiger partial charge on any atom is 0.416 e. The summed E-state index contributed by atoms with van der Waals surface area (Å²) in [5.74, 6) is 0. The standard InChI is InChI=1S/C17H22F6N2O2S/c1-12-5-2-3-7-25(12)8-4-6-24-28(26,27)15-10-13(16(18,19)20)9-14(11-15)17(21,22)23/h9-12,24H,2-8H2,1H3. The molecule has 0 amide bonds. The van der Waals surface area contributed by atoms with Gasteiger partial charge in [-0.2, -0.15) is 26.3 Å². The highest BCUT2D eigenvalue weighted by Gasteiger charge is 2.38. The Kier molecular flexibility index (Phi) is 7.03. The fourth-order valence-electron chi connectivity index (χ4n) is 3.14. The molecular formula is C17H22F6N2O2S. The van der Waals surface area contributed by atoms with Crippen LogP contribution in [0.25, 0.3) is 0 Å². The molecule has 1 aliphatic heterocycles. The number of hydrogen-bond donors (Lipinski definition) is 1. The van der Waals surface area contributed by atoms with E-state index in [0.29, 0.717) is 19.0 Å². The van der Waals surface area contributed by atoms with Crippen LogP contribution in [0, 0.1) is 0 Å². The van der Waals surface area contributed by atoms with Crippen LogP contribution in [-0.4, -0.2) is 39.0 Å². The molecule has 0 aliphatic carbocycles. The summed E-state index contributed by atoms with van der Waals surface area (Å²) in [6, 6.07) is 0.689. The molecule has 0 aromatic heterocycles. The summed E-state index contributed by atoms with van der Waals surface area (Å²) >= 11 is 0. The highest BCUT2D eigenvalue weighted by molar-refractivity contribution is 7.89. The zero-order valence-electron chi connectivity index (χ0n) is 15.2. The van der Waals surface area contributed by atoms with Gasteiger partial charge in [0.25, 0.3) is 0 Å². The highest BCUT2D eigenvalue weighted by Crippen LogP contribution is 2.37. The number of hydrogen-bond acceptors (Lipinski definition) is 3. The third kappa shape index (κ3) is 6.08. The minimum atomic E-state index is -5.10. The molecule has 1 fully saturated rings. The lowest BCUT2D eigenvalue weighted by Gasteiger charge is -2.33. The van der Waals surface area contributed by atoms with Crippen LogP contribution < -0.4 is 4.72 Å². The third-order valence-corrected chi connectivity index (χ3v) is 6.17. The lowest BCUT2D eigenvalue weighted by Crippen LogP contribution is -2.39. The van der Waals surface area contributed by atoms with E-state index in [9.17, 15) is 34.8 Å². The van der Waals surface area contributed by atoms with Crippen molar-refractivity contribution in [3.63, 3.8) is 0 Å². The molecule has 4 nitrogen and oxygen atoms in total. The van der Waals surface area contributed by atoms with Crippen molar-refractivity contribution in [2.75, 3.05) is 19.6 Å². The third-order valence-electron chi connectivity index (χ3n) is 4.73. The molecule has 1 atom stereocenters. The predicted octanol–water partition coefficient (Wildman–Crippen LogP) is 4.27. The summed E-state index contributed by atoms with van der Waals surface area (Å²) in [7, 11) is -4.51. The second kappa shape index (κ2) is 8.58. The topological polar surface area (TPSA) is 49.4 Å². The maximum absolute atomic E-state index is 12.9. The average Bonchev–Trinajstić information content (AvgIpc) is 2.58. The molecule has 1 N–H and O–H groups in total. The monoisotopic (exact) mass is 432 g/mol. The van der Waals surface area contributed by atoms with Gasteiger partial charge < -0.3 is 4.90 Å². The van der Waals surface area contributed by atoms with Crippen molar-refractivity contribution in [3.8, 4) is 0 Å². The summed E-state index contributed by atoms with van der Waals surface area (Å²) < 4.78 is 104. The molecule has 1 heterocycles. The molecule has 1 unspecified atom stereocenters. The Morgan fingerprint density at radius 3 is 2.11 bits per heavy atom. The fourth-order valence-corrected chi connectivity index (χ4v) is 4.29. The number of nitrogens with zero attached hydrogens (tertiary/aromatic N) is 1. The van der Waals surface area contributed by atoms with E-state index < -0.39 is 38.4 Å². The largest absolute Gasteiger partial charge is 0.416 e. The predicted molar refractivity (Wildman–Crippen MR) is 91.1 cm³/mol. The molecule has 11 heteroatoms. The molecule has 1 aliphatic rings. The average molecular weight is 432 g/mol. The number of rotatable bonds is 6. The van der Waals surface area contributed by atoms with Crippen molar-refractivity contribution >= 4 is 10.0 Å². The Morgan fingerprint density at radius 2 is 1.61 bits per heavy atom.